The first kappa shape index (κ1) is 34.4. The summed E-state index contributed by atoms with van der Waals surface area (Å²) in [5, 5.41) is 0. The zero-order valence-electron chi connectivity index (χ0n) is 26.6. The molecule has 0 atom stereocenters. The van der Waals surface area contributed by atoms with Crippen LogP contribution in [0.1, 0.15) is 136 Å². The zero-order chi connectivity index (χ0) is 28.7. The molecule has 1 saturated heterocycles. The number of carbonyl (C=O) groups excluding carboxylic acids is 1. The van der Waals surface area contributed by atoms with E-state index >= 15 is 0 Å². The fourth-order valence-electron chi connectivity index (χ4n) is 8.14. The molecule has 5 heteroatoms. The van der Waals surface area contributed by atoms with E-state index in [0.29, 0.717) is 12.5 Å². The highest BCUT2D eigenvalue weighted by Crippen LogP contribution is 2.46. The molecule has 3 nitrogen and oxygen atoms in total. The van der Waals surface area contributed by atoms with Gasteiger partial charge in [0, 0.05) is 11.5 Å². The van der Waals surface area contributed by atoms with E-state index in [1.165, 1.54) is 138 Å². The number of rotatable bonds is 11. The molecule has 1 heterocycles. The topological polar surface area (TPSA) is 52.3 Å². The monoisotopic (exact) mass is 593 g/mol. The molecule has 0 aromatic rings. The van der Waals surface area contributed by atoms with Crippen molar-refractivity contribution < 1.29 is 9.53 Å². The van der Waals surface area contributed by atoms with E-state index in [2.05, 4.69) is 19.6 Å². The van der Waals surface area contributed by atoms with E-state index < -0.39 is 0 Å². The number of thioether (sulfide) groups is 2. The van der Waals surface area contributed by atoms with E-state index in [1.54, 1.807) is 0 Å². The van der Waals surface area contributed by atoms with E-state index in [0.717, 1.165) is 41.1 Å². The molecule has 3 saturated carbocycles. The highest BCUT2D eigenvalue weighted by molar-refractivity contribution is 8.22. The fraction of sp³-hybridized carbons (Fsp3) is 0.914. The minimum atomic E-state index is -0.0537. The summed E-state index contributed by atoms with van der Waals surface area (Å²) in [6.45, 7) is 7.28. The minimum absolute atomic E-state index is 0.0537. The van der Waals surface area contributed by atoms with Crippen molar-refractivity contribution in [3.05, 3.63) is 9.81 Å². The Hall–Kier alpha value is -0.130. The van der Waals surface area contributed by atoms with E-state index in [4.69, 9.17) is 4.74 Å². The molecule has 232 valence electrons. The molecule has 0 bridgehead atoms. The average molecular weight is 594 g/mol. The predicted molar refractivity (Wildman–Crippen MR) is 178 cm³/mol. The lowest BCUT2D eigenvalue weighted by molar-refractivity contribution is -0.140. The lowest BCUT2D eigenvalue weighted by Crippen LogP contribution is -2.28. The normalized spacial score (nSPS) is 33.0. The lowest BCUT2D eigenvalue weighted by Gasteiger charge is -2.38. The third-order valence-electron chi connectivity index (χ3n) is 10.8. The van der Waals surface area contributed by atoms with Gasteiger partial charge >= 0.3 is 5.97 Å². The first-order chi connectivity index (χ1) is 19.6. The van der Waals surface area contributed by atoms with Gasteiger partial charge in [-0.1, -0.05) is 78.1 Å². The molecular formula is C35H63NO2S2. The van der Waals surface area contributed by atoms with Crippen molar-refractivity contribution in [2.45, 2.75) is 136 Å². The summed E-state index contributed by atoms with van der Waals surface area (Å²) in [6.07, 6.45) is 25.4. The molecule has 0 radical (unpaired) electrons. The predicted octanol–water partition coefficient (Wildman–Crippen LogP) is 10.2. The molecule has 4 fully saturated rings. The smallest absolute Gasteiger partial charge is 0.335 e. The van der Waals surface area contributed by atoms with Crippen LogP contribution in [0.3, 0.4) is 0 Å². The van der Waals surface area contributed by atoms with Gasteiger partial charge in [0.15, 0.2) is 0 Å². The quantitative estimate of drug-likeness (QED) is 0.147. The Labute approximate surface area is 256 Å². The Kier molecular flexibility index (Phi) is 16.5. The molecular weight excluding hydrogens is 531 g/mol. The van der Waals surface area contributed by atoms with Crippen LogP contribution in [0.5, 0.6) is 0 Å². The second-order valence-corrected chi connectivity index (χ2v) is 15.8. The van der Waals surface area contributed by atoms with Gasteiger partial charge in [0.1, 0.15) is 0 Å². The number of unbranched alkanes of at least 4 members (excludes halogenated alkanes) is 2. The van der Waals surface area contributed by atoms with Crippen molar-refractivity contribution in [2.24, 2.45) is 47.2 Å². The summed E-state index contributed by atoms with van der Waals surface area (Å²) in [5.74, 6) is 8.57. The second-order valence-electron chi connectivity index (χ2n) is 13.5. The van der Waals surface area contributed by atoms with Crippen LogP contribution >= 0.6 is 23.5 Å². The number of hydrogen-bond acceptors (Lipinski definition) is 5. The Morgan fingerprint density at radius 1 is 0.675 bits per heavy atom. The first-order valence-corrected chi connectivity index (χ1v) is 19.3. The van der Waals surface area contributed by atoms with Crippen LogP contribution in [-0.4, -0.2) is 31.1 Å². The van der Waals surface area contributed by atoms with Crippen LogP contribution in [-0.2, 0) is 9.53 Å². The molecule has 3 aliphatic carbocycles. The highest BCUT2D eigenvalue weighted by Gasteiger charge is 2.33. The second kappa shape index (κ2) is 19.2. The van der Waals surface area contributed by atoms with Crippen molar-refractivity contribution in [3.63, 3.8) is 0 Å². The van der Waals surface area contributed by atoms with Crippen molar-refractivity contribution in [1.29, 1.82) is 0 Å². The third kappa shape index (κ3) is 10.9. The van der Waals surface area contributed by atoms with Gasteiger partial charge in [-0.25, -0.2) is 4.79 Å². The Bertz CT molecular complexity index is 722. The molecule has 0 unspecified atom stereocenters. The summed E-state index contributed by atoms with van der Waals surface area (Å²) in [4.78, 5) is 12.9. The van der Waals surface area contributed by atoms with Crippen LogP contribution in [0.25, 0.3) is 0 Å². The van der Waals surface area contributed by atoms with Crippen molar-refractivity contribution in [1.82, 2.24) is 0 Å². The Balaban J connectivity index is 0.00000216. The molecule has 40 heavy (non-hydrogen) atoms. The van der Waals surface area contributed by atoms with Gasteiger partial charge in [0.2, 0.25) is 0 Å². The maximum Gasteiger partial charge on any atom is 0.335 e. The molecule has 0 aromatic heterocycles. The molecule has 0 spiro atoms. The van der Waals surface area contributed by atoms with Gasteiger partial charge in [-0.15, -0.1) is 23.5 Å². The third-order valence-corrected chi connectivity index (χ3v) is 13.9. The van der Waals surface area contributed by atoms with Crippen molar-refractivity contribution in [3.8, 4) is 0 Å². The highest BCUT2D eigenvalue weighted by atomic mass is 32.2. The van der Waals surface area contributed by atoms with Crippen LogP contribution in [0.4, 0.5) is 0 Å². The minimum Gasteiger partial charge on any atom is -0.462 e. The van der Waals surface area contributed by atoms with Gasteiger partial charge in [-0.2, -0.15) is 0 Å². The van der Waals surface area contributed by atoms with Crippen LogP contribution in [0, 0.1) is 41.4 Å². The maximum atomic E-state index is 12.9. The van der Waals surface area contributed by atoms with Crippen molar-refractivity contribution >= 4 is 29.5 Å². The molecule has 2 N–H and O–H groups in total. The lowest BCUT2D eigenvalue weighted by atomic mass is 9.69. The number of carbonyl (C=O) groups is 1. The number of esters is 1. The summed E-state index contributed by atoms with van der Waals surface area (Å²) in [6, 6.07) is 0. The Morgan fingerprint density at radius 2 is 1.15 bits per heavy atom. The summed E-state index contributed by atoms with van der Waals surface area (Å²) in [7, 11) is 1.50. The maximum absolute atomic E-state index is 12.9. The summed E-state index contributed by atoms with van der Waals surface area (Å²) < 4.78 is 7.13. The summed E-state index contributed by atoms with van der Waals surface area (Å²) >= 11 is 3.87. The molecule has 4 rings (SSSR count). The zero-order valence-corrected chi connectivity index (χ0v) is 28.2. The molecule has 4 aliphatic rings. The standard InChI is InChI=1S/C34H58O2S2.CH5N/c1-4-6-7-9-27-12-16-29(17-13-27)30-20-14-28(15-21-30)22-36-33(35)25(3)34-37-23-32(24-38-34)31-18-10-26(8-5-2)11-19-31;1-2/h26-32H,4-24H2,1-3H3;2H2,1H3. The van der Waals surface area contributed by atoms with Gasteiger partial charge < -0.3 is 10.5 Å². The molecule has 0 amide bonds. The van der Waals surface area contributed by atoms with Crippen LogP contribution in [0.15, 0.2) is 9.81 Å². The first-order valence-electron chi connectivity index (χ1n) is 17.3. The van der Waals surface area contributed by atoms with Gasteiger partial charge in [-0.3, -0.25) is 0 Å². The van der Waals surface area contributed by atoms with E-state index in [-0.39, 0.29) is 5.97 Å². The van der Waals surface area contributed by atoms with E-state index in [1.807, 2.05) is 30.4 Å². The van der Waals surface area contributed by atoms with E-state index in [9.17, 15) is 4.79 Å². The molecule has 1 aliphatic heterocycles. The number of hydrogen-bond donors (Lipinski definition) is 1. The van der Waals surface area contributed by atoms with Crippen LogP contribution in [0.2, 0.25) is 0 Å². The largest absolute Gasteiger partial charge is 0.462 e. The SMILES string of the molecule is CCCCCC1CCC(C2CCC(COC(=O)C(C)=C3SCC(C4CCC(CCC)CC4)CS3)CC2)CC1.CN. The number of nitrogens with two attached hydrogens (primary N) is 1. The fourth-order valence-corrected chi connectivity index (χ4v) is 11.1. The Morgan fingerprint density at radius 3 is 1.65 bits per heavy atom. The number of ether oxygens (including phenoxy) is 1. The van der Waals surface area contributed by atoms with Gasteiger partial charge in [-0.05, 0) is 107 Å². The average Bonchev–Trinajstić information content (AvgIpc) is 3.02. The molecule has 0 aromatic carbocycles. The summed E-state index contributed by atoms with van der Waals surface area (Å²) in [5.41, 5.74) is 5.37. The van der Waals surface area contributed by atoms with Crippen molar-refractivity contribution in [2.75, 3.05) is 25.2 Å². The van der Waals surface area contributed by atoms with Gasteiger partial charge in [0.25, 0.3) is 0 Å². The van der Waals surface area contributed by atoms with Gasteiger partial charge in [0.05, 0.1) is 16.4 Å². The van der Waals surface area contributed by atoms with Crippen LogP contribution < -0.4 is 5.73 Å².